The molecule has 1 unspecified atom stereocenters. The number of aromatic nitrogens is 2. The summed E-state index contributed by atoms with van der Waals surface area (Å²) in [4.78, 5) is 0. The lowest BCUT2D eigenvalue weighted by Crippen LogP contribution is -2.31. The minimum Gasteiger partial charge on any atom is -0.356 e. The number of hydrogen-bond acceptors (Lipinski definition) is 2. The molecule has 2 aromatic rings. The molecule has 0 amide bonds. The van der Waals surface area contributed by atoms with Crippen LogP contribution in [0.15, 0.2) is 30.5 Å². The van der Waals surface area contributed by atoms with Crippen LogP contribution in [-0.4, -0.2) is 14.9 Å². The summed E-state index contributed by atoms with van der Waals surface area (Å²) in [6, 6.07) is 8.49. The van der Waals surface area contributed by atoms with Crippen molar-refractivity contribution in [3.05, 3.63) is 47.3 Å². The Kier molecular flexibility index (Phi) is 5.19. The molecule has 0 spiro atoms. The Morgan fingerprint density at radius 1 is 1.18 bits per heavy atom. The van der Waals surface area contributed by atoms with Gasteiger partial charge in [0.05, 0.1) is 12.2 Å². The standard InChI is InChI=1S/C17H24N4S/c1-11(2)14-6-8-15(9-7-14)20-17(22)19-12(3)16-10-18-21(5)13(16)4/h6-12H,1-5H3,(H2,19,20,22). The number of nitrogens with zero attached hydrogens (tertiary/aromatic N) is 2. The summed E-state index contributed by atoms with van der Waals surface area (Å²) in [5.41, 5.74) is 4.62. The van der Waals surface area contributed by atoms with Crippen LogP contribution >= 0.6 is 12.2 Å². The molecule has 4 nitrogen and oxygen atoms in total. The van der Waals surface area contributed by atoms with Crippen LogP contribution < -0.4 is 10.6 Å². The zero-order valence-electron chi connectivity index (χ0n) is 13.8. The average molecular weight is 316 g/mol. The normalized spacial score (nSPS) is 12.3. The molecule has 1 heterocycles. The topological polar surface area (TPSA) is 41.9 Å². The molecule has 2 rings (SSSR count). The first-order chi connectivity index (χ1) is 10.4. The van der Waals surface area contributed by atoms with Gasteiger partial charge in [0.15, 0.2) is 5.11 Å². The Bertz CT molecular complexity index is 643. The van der Waals surface area contributed by atoms with Gasteiger partial charge < -0.3 is 10.6 Å². The third-order valence-electron chi connectivity index (χ3n) is 3.92. The third-order valence-corrected chi connectivity index (χ3v) is 4.14. The summed E-state index contributed by atoms with van der Waals surface area (Å²) < 4.78 is 1.87. The highest BCUT2D eigenvalue weighted by molar-refractivity contribution is 7.80. The maximum atomic E-state index is 5.40. The maximum Gasteiger partial charge on any atom is 0.171 e. The van der Waals surface area contributed by atoms with Gasteiger partial charge in [-0.1, -0.05) is 26.0 Å². The summed E-state index contributed by atoms with van der Waals surface area (Å²) >= 11 is 5.40. The Labute approximate surface area is 137 Å². The molecule has 0 saturated heterocycles. The van der Waals surface area contributed by atoms with E-state index in [1.165, 1.54) is 5.56 Å². The van der Waals surface area contributed by atoms with Crippen molar-refractivity contribution in [1.29, 1.82) is 0 Å². The molecule has 1 atom stereocenters. The Morgan fingerprint density at radius 2 is 1.82 bits per heavy atom. The number of nitrogens with one attached hydrogen (secondary N) is 2. The monoisotopic (exact) mass is 316 g/mol. The van der Waals surface area contributed by atoms with E-state index < -0.39 is 0 Å². The second-order valence-electron chi connectivity index (χ2n) is 5.91. The van der Waals surface area contributed by atoms with Gasteiger partial charge in [-0.25, -0.2) is 0 Å². The molecule has 0 saturated carbocycles. The van der Waals surface area contributed by atoms with Crippen LogP contribution in [0.2, 0.25) is 0 Å². The van der Waals surface area contributed by atoms with Crippen molar-refractivity contribution in [2.24, 2.45) is 7.05 Å². The van der Waals surface area contributed by atoms with E-state index >= 15 is 0 Å². The van der Waals surface area contributed by atoms with E-state index in [1.807, 2.05) is 17.9 Å². The van der Waals surface area contributed by atoms with Gasteiger partial charge in [0.1, 0.15) is 0 Å². The second kappa shape index (κ2) is 6.92. The molecule has 2 N–H and O–H groups in total. The quantitative estimate of drug-likeness (QED) is 0.840. The number of benzene rings is 1. The summed E-state index contributed by atoms with van der Waals surface area (Å²) in [6.45, 7) is 8.51. The van der Waals surface area contributed by atoms with Crippen LogP contribution in [0.5, 0.6) is 0 Å². The molecule has 0 aliphatic heterocycles. The molecular weight excluding hydrogens is 292 g/mol. The maximum absolute atomic E-state index is 5.40. The largest absolute Gasteiger partial charge is 0.356 e. The van der Waals surface area contributed by atoms with Crippen molar-refractivity contribution < 1.29 is 0 Å². The molecular formula is C17H24N4S. The van der Waals surface area contributed by atoms with E-state index in [4.69, 9.17) is 12.2 Å². The molecule has 5 heteroatoms. The van der Waals surface area contributed by atoms with Crippen LogP contribution in [0.4, 0.5) is 5.69 Å². The van der Waals surface area contributed by atoms with E-state index in [-0.39, 0.29) is 6.04 Å². The molecule has 0 bridgehead atoms. The number of rotatable bonds is 4. The highest BCUT2D eigenvalue weighted by atomic mass is 32.1. The lowest BCUT2D eigenvalue weighted by atomic mass is 10.0. The van der Waals surface area contributed by atoms with Gasteiger partial charge in [-0.3, -0.25) is 4.68 Å². The van der Waals surface area contributed by atoms with Gasteiger partial charge in [-0.05, 0) is 49.7 Å². The Morgan fingerprint density at radius 3 is 2.32 bits per heavy atom. The van der Waals surface area contributed by atoms with Crippen molar-refractivity contribution in [2.75, 3.05) is 5.32 Å². The number of hydrogen-bond donors (Lipinski definition) is 2. The van der Waals surface area contributed by atoms with Gasteiger partial charge in [-0.2, -0.15) is 5.10 Å². The first-order valence-corrected chi connectivity index (χ1v) is 7.95. The third kappa shape index (κ3) is 3.85. The summed E-state index contributed by atoms with van der Waals surface area (Å²) in [5, 5.41) is 11.4. The molecule has 0 radical (unpaired) electrons. The minimum absolute atomic E-state index is 0.114. The molecule has 0 aliphatic rings. The molecule has 0 fully saturated rings. The van der Waals surface area contributed by atoms with Gasteiger partial charge >= 0.3 is 0 Å². The molecule has 1 aromatic heterocycles. The highest BCUT2D eigenvalue weighted by Crippen LogP contribution is 2.18. The predicted molar refractivity (Wildman–Crippen MR) is 96.2 cm³/mol. The van der Waals surface area contributed by atoms with Crippen molar-refractivity contribution in [1.82, 2.24) is 15.1 Å². The summed E-state index contributed by atoms with van der Waals surface area (Å²) in [5.74, 6) is 0.535. The van der Waals surface area contributed by atoms with Gasteiger partial charge in [0, 0.05) is 24.0 Å². The fraction of sp³-hybridized carbons (Fsp3) is 0.412. The van der Waals surface area contributed by atoms with Crippen LogP contribution in [-0.2, 0) is 7.05 Å². The average Bonchev–Trinajstić information content (AvgIpc) is 2.79. The lowest BCUT2D eigenvalue weighted by molar-refractivity contribution is 0.701. The van der Waals surface area contributed by atoms with E-state index in [2.05, 4.69) is 67.7 Å². The van der Waals surface area contributed by atoms with Crippen LogP contribution in [0.1, 0.15) is 49.6 Å². The number of thiocarbonyl (C=S) groups is 1. The van der Waals surface area contributed by atoms with Crippen LogP contribution in [0.3, 0.4) is 0 Å². The zero-order chi connectivity index (χ0) is 16.3. The highest BCUT2D eigenvalue weighted by Gasteiger charge is 2.13. The Balaban J connectivity index is 1.96. The van der Waals surface area contributed by atoms with Crippen molar-refractivity contribution >= 4 is 23.0 Å². The molecule has 118 valence electrons. The minimum atomic E-state index is 0.114. The Hall–Kier alpha value is -1.88. The van der Waals surface area contributed by atoms with Crippen molar-refractivity contribution in [2.45, 2.75) is 39.7 Å². The van der Waals surface area contributed by atoms with Gasteiger partial charge in [-0.15, -0.1) is 0 Å². The zero-order valence-corrected chi connectivity index (χ0v) is 14.7. The molecule has 22 heavy (non-hydrogen) atoms. The predicted octanol–water partition coefficient (Wildman–Crippen LogP) is 3.90. The lowest BCUT2D eigenvalue weighted by Gasteiger charge is -2.17. The van der Waals surface area contributed by atoms with E-state index in [0.29, 0.717) is 11.0 Å². The fourth-order valence-corrected chi connectivity index (χ4v) is 2.63. The van der Waals surface area contributed by atoms with Crippen molar-refractivity contribution in [3.8, 4) is 0 Å². The summed E-state index contributed by atoms with van der Waals surface area (Å²) in [6.07, 6.45) is 1.88. The molecule has 1 aromatic carbocycles. The second-order valence-corrected chi connectivity index (χ2v) is 6.31. The summed E-state index contributed by atoms with van der Waals surface area (Å²) in [7, 11) is 1.94. The van der Waals surface area contributed by atoms with Crippen molar-refractivity contribution in [3.63, 3.8) is 0 Å². The van der Waals surface area contributed by atoms with Gasteiger partial charge in [0.2, 0.25) is 0 Å². The van der Waals surface area contributed by atoms with E-state index in [0.717, 1.165) is 16.9 Å². The first-order valence-electron chi connectivity index (χ1n) is 7.54. The SMILES string of the molecule is Cc1c(C(C)NC(=S)Nc2ccc(C(C)C)cc2)cnn1C. The number of anilines is 1. The van der Waals surface area contributed by atoms with Crippen LogP contribution in [0, 0.1) is 6.92 Å². The van der Waals surface area contributed by atoms with Crippen LogP contribution in [0.25, 0.3) is 0 Å². The first kappa shape index (κ1) is 16.5. The smallest absolute Gasteiger partial charge is 0.171 e. The fourth-order valence-electron chi connectivity index (χ4n) is 2.33. The van der Waals surface area contributed by atoms with E-state index in [9.17, 15) is 0 Å². The van der Waals surface area contributed by atoms with Gasteiger partial charge in [0.25, 0.3) is 0 Å². The molecule has 0 aliphatic carbocycles. The number of aryl methyl sites for hydroxylation is 1. The van der Waals surface area contributed by atoms with E-state index in [1.54, 1.807) is 0 Å².